The van der Waals surface area contributed by atoms with Crippen LogP contribution in [0, 0.1) is 0 Å². The quantitative estimate of drug-likeness (QED) is 0.516. The van der Waals surface area contributed by atoms with Gasteiger partial charge in [0.25, 0.3) is 5.89 Å². The third-order valence-corrected chi connectivity index (χ3v) is 5.43. The molecule has 1 aliphatic rings. The van der Waals surface area contributed by atoms with Gasteiger partial charge in [0.05, 0.1) is 12.8 Å². The Bertz CT molecular complexity index is 1180. The molecule has 1 atom stereocenters. The van der Waals surface area contributed by atoms with Crippen molar-refractivity contribution in [1.29, 1.82) is 0 Å². The maximum absolute atomic E-state index is 12.5. The van der Waals surface area contributed by atoms with Crippen molar-refractivity contribution in [1.82, 2.24) is 25.2 Å². The predicted octanol–water partition coefficient (Wildman–Crippen LogP) is 3.65. The van der Waals surface area contributed by atoms with Crippen molar-refractivity contribution >= 4 is 5.91 Å². The number of nitrogens with one attached hydrogen (secondary N) is 1. The van der Waals surface area contributed by atoms with E-state index < -0.39 is 0 Å². The highest BCUT2D eigenvalue weighted by Crippen LogP contribution is 2.30. The summed E-state index contributed by atoms with van der Waals surface area (Å²) in [4.78, 5) is 18.9. The summed E-state index contributed by atoms with van der Waals surface area (Å²) < 4.78 is 10.6. The Labute approximate surface area is 178 Å². The fraction of sp³-hybridized carbons (Fsp3) is 0.217. The number of ether oxygens (including phenoxy) is 1. The first-order valence-electron chi connectivity index (χ1n) is 10.0. The molecule has 1 unspecified atom stereocenters. The zero-order chi connectivity index (χ0) is 21.2. The van der Waals surface area contributed by atoms with Gasteiger partial charge in [-0.25, -0.2) is 0 Å². The number of amides is 1. The van der Waals surface area contributed by atoms with E-state index in [0.29, 0.717) is 36.9 Å². The second-order valence-corrected chi connectivity index (χ2v) is 7.51. The lowest BCUT2D eigenvalue weighted by Gasteiger charge is -2.16. The number of H-pyrrole nitrogens is 1. The number of aromatic nitrogens is 4. The Morgan fingerprint density at radius 3 is 2.74 bits per heavy atom. The molecule has 156 valence electrons. The van der Waals surface area contributed by atoms with Gasteiger partial charge in [-0.1, -0.05) is 47.6 Å². The number of nitrogens with zero attached hydrogens (tertiary/aromatic N) is 4. The van der Waals surface area contributed by atoms with Crippen LogP contribution < -0.4 is 4.74 Å². The number of likely N-dealkylation sites (tertiary alicyclic amines) is 1. The van der Waals surface area contributed by atoms with E-state index in [4.69, 9.17) is 9.26 Å². The van der Waals surface area contributed by atoms with Crippen molar-refractivity contribution in [3.8, 4) is 28.6 Å². The molecule has 0 bridgehead atoms. The minimum Gasteiger partial charge on any atom is -0.497 e. The fourth-order valence-electron chi connectivity index (χ4n) is 3.75. The van der Waals surface area contributed by atoms with Gasteiger partial charge in [-0.2, -0.15) is 10.1 Å². The second kappa shape index (κ2) is 8.06. The summed E-state index contributed by atoms with van der Waals surface area (Å²) >= 11 is 0. The van der Waals surface area contributed by atoms with Crippen LogP contribution >= 0.6 is 0 Å². The number of carbonyl (C=O) groups excluding carboxylic acids is 1. The highest BCUT2D eigenvalue weighted by molar-refractivity contribution is 5.79. The van der Waals surface area contributed by atoms with Gasteiger partial charge < -0.3 is 14.2 Å². The van der Waals surface area contributed by atoms with Crippen molar-refractivity contribution in [2.45, 2.75) is 18.9 Å². The molecule has 5 rings (SSSR count). The van der Waals surface area contributed by atoms with Crippen molar-refractivity contribution in [3.63, 3.8) is 0 Å². The van der Waals surface area contributed by atoms with Gasteiger partial charge in [-0.05, 0) is 23.8 Å². The van der Waals surface area contributed by atoms with Gasteiger partial charge in [0.15, 0.2) is 5.82 Å². The molecule has 2 aromatic carbocycles. The lowest BCUT2D eigenvalue weighted by molar-refractivity contribution is -0.128. The molecule has 1 N–H and O–H groups in total. The Balaban J connectivity index is 1.28. The van der Waals surface area contributed by atoms with Crippen LogP contribution in [0.15, 0.2) is 65.2 Å². The number of methoxy groups -OCH3 is 1. The van der Waals surface area contributed by atoms with Gasteiger partial charge in [0.2, 0.25) is 5.91 Å². The molecule has 0 saturated carbocycles. The number of rotatable bonds is 6. The largest absolute Gasteiger partial charge is 0.497 e. The average Bonchev–Trinajstić information content (AvgIpc) is 3.55. The SMILES string of the molecule is COc1ccc(CN2CC(c3noc(-c4cc(-c5ccccc5)n[nH]4)n3)CC2=O)cc1. The zero-order valence-electron chi connectivity index (χ0n) is 17.0. The smallest absolute Gasteiger partial charge is 0.275 e. The third kappa shape index (κ3) is 3.92. The van der Waals surface area contributed by atoms with Crippen LogP contribution in [0.25, 0.3) is 22.8 Å². The van der Waals surface area contributed by atoms with E-state index in [1.165, 1.54) is 0 Å². The maximum Gasteiger partial charge on any atom is 0.275 e. The van der Waals surface area contributed by atoms with Crippen molar-refractivity contribution in [2.24, 2.45) is 0 Å². The highest BCUT2D eigenvalue weighted by Gasteiger charge is 2.34. The summed E-state index contributed by atoms with van der Waals surface area (Å²) in [6.07, 6.45) is 0.368. The molecule has 1 saturated heterocycles. The molecular weight excluding hydrogens is 394 g/mol. The van der Waals surface area contributed by atoms with Gasteiger partial charge >= 0.3 is 0 Å². The number of benzene rings is 2. The molecule has 3 heterocycles. The van der Waals surface area contributed by atoms with Crippen LogP contribution in [0.3, 0.4) is 0 Å². The summed E-state index contributed by atoms with van der Waals surface area (Å²) in [5.41, 5.74) is 3.50. The minimum absolute atomic E-state index is 0.0834. The molecule has 2 aromatic heterocycles. The van der Waals surface area contributed by atoms with E-state index in [9.17, 15) is 4.79 Å². The summed E-state index contributed by atoms with van der Waals surface area (Å²) in [7, 11) is 1.63. The monoisotopic (exact) mass is 415 g/mol. The lowest BCUT2D eigenvalue weighted by atomic mass is 10.1. The fourth-order valence-corrected chi connectivity index (χ4v) is 3.75. The Kier molecular flexibility index (Phi) is 4.95. The Morgan fingerprint density at radius 2 is 1.97 bits per heavy atom. The van der Waals surface area contributed by atoms with E-state index in [-0.39, 0.29) is 11.8 Å². The van der Waals surface area contributed by atoms with E-state index >= 15 is 0 Å². The molecular formula is C23H21N5O3. The van der Waals surface area contributed by atoms with E-state index in [2.05, 4.69) is 20.3 Å². The molecule has 8 nitrogen and oxygen atoms in total. The third-order valence-electron chi connectivity index (χ3n) is 5.43. The van der Waals surface area contributed by atoms with Crippen LogP contribution in [-0.2, 0) is 11.3 Å². The Hall–Kier alpha value is -3.94. The van der Waals surface area contributed by atoms with E-state index in [1.807, 2.05) is 65.6 Å². The normalized spacial score (nSPS) is 16.1. The first-order chi connectivity index (χ1) is 15.2. The number of carbonyl (C=O) groups is 1. The average molecular weight is 415 g/mol. The maximum atomic E-state index is 12.5. The minimum atomic E-state index is -0.0974. The standard InChI is InChI=1S/C23H21N5O3/c1-30-18-9-7-15(8-10-18)13-28-14-17(11-21(28)29)22-24-23(31-27-22)20-12-19(25-26-20)16-5-3-2-4-6-16/h2-10,12,17H,11,13-14H2,1H3,(H,25,26). The molecule has 31 heavy (non-hydrogen) atoms. The van der Waals surface area contributed by atoms with Gasteiger partial charge in [0.1, 0.15) is 11.4 Å². The molecule has 0 radical (unpaired) electrons. The summed E-state index contributed by atoms with van der Waals surface area (Å²) in [6, 6.07) is 19.5. The topological polar surface area (TPSA) is 97.1 Å². The van der Waals surface area contributed by atoms with Gasteiger partial charge in [0, 0.05) is 31.0 Å². The lowest BCUT2D eigenvalue weighted by Crippen LogP contribution is -2.24. The van der Waals surface area contributed by atoms with Crippen LogP contribution in [-0.4, -0.2) is 44.8 Å². The molecule has 0 aliphatic carbocycles. The molecule has 1 fully saturated rings. The highest BCUT2D eigenvalue weighted by atomic mass is 16.5. The van der Waals surface area contributed by atoms with Crippen LogP contribution in [0.5, 0.6) is 5.75 Å². The zero-order valence-corrected chi connectivity index (χ0v) is 17.0. The van der Waals surface area contributed by atoms with Crippen molar-refractivity contribution < 1.29 is 14.1 Å². The van der Waals surface area contributed by atoms with Gasteiger partial charge in [-0.3, -0.25) is 9.89 Å². The van der Waals surface area contributed by atoms with E-state index in [1.54, 1.807) is 7.11 Å². The first-order valence-corrected chi connectivity index (χ1v) is 10.0. The van der Waals surface area contributed by atoms with Crippen LogP contribution in [0.4, 0.5) is 0 Å². The Morgan fingerprint density at radius 1 is 1.16 bits per heavy atom. The van der Waals surface area contributed by atoms with E-state index in [0.717, 1.165) is 22.6 Å². The molecule has 4 aromatic rings. The predicted molar refractivity (Wildman–Crippen MR) is 113 cm³/mol. The van der Waals surface area contributed by atoms with Gasteiger partial charge in [-0.15, -0.1) is 0 Å². The summed E-state index contributed by atoms with van der Waals surface area (Å²) in [6.45, 7) is 1.10. The van der Waals surface area contributed by atoms with Crippen molar-refractivity contribution in [2.75, 3.05) is 13.7 Å². The summed E-state index contributed by atoms with van der Waals surface area (Å²) in [5.74, 6) is 1.69. The summed E-state index contributed by atoms with van der Waals surface area (Å²) in [5, 5.41) is 11.4. The number of hydrogen-bond donors (Lipinski definition) is 1. The molecule has 0 spiro atoms. The second-order valence-electron chi connectivity index (χ2n) is 7.51. The van der Waals surface area contributed by atoms with Crippen LogP contribution in [0.1, 0.15) is 23.7 Å². The number of aromatic amines is 1. The molecule has 8 heteroatoms. The molecule has 1 amide bonds. The van der Waals surface area contributed by atoms with Crippen LogP contribution in [0.2, 0.25) is 0 Å². The first kappa shape index (κ1) is 19.0. The number of hydrogen-bond acceptors (Lipinski definition) is 6. The molecule has 1 aliphatic heterocycles. The van der Waals surface area contributed by atoms with Crippen molar-refractivity contribution in [3.05, 3.63) is 72.1 Å².